The van der Waals surface area contributed by atoms with E-state index in [2.05, 4.69) is 31.2 Å². The van der Waals surface area contributed by atoms with Gasteiger partial charge in [0.1, 0.15) is 5.75 Å². The van der Waals surface area contributed by atoms with Gasteiger partial charge in [0.05, 0.1) is 0 Å². The Morgan fingerprint density at radius 3 is 2.74 bits per heavy atom. The van der Waals surface area contributed by atoms with Crippen molar-refractivity contribution >= 4 is 5.95 Å². The number of likely N-dealkylation sites (tertiary alicyclic amines) is 1. The second kappa shape index (κ2) is 11.8. The summed E-state index contributed by atoms with van der Waals surface area (Å²) in [5.41, 5.74) is 3.46. The molecule has 3 aromatic rings. The molecule has 1 aromatic carbocycles. The molecule has 0 aliphatic carbocycles. The summed E-state index contributed by atoms with van der Waals surface area (Å²) in [4.78, 5) is 26.1. The summed E-state index contributed by atoms with van der Waals surface area (Å²) in [6, 6.07) is 11.8. The lowest BCUT2D eigenvalue weighted by molar-refractivity contribution is -0.0202. The van der Waals surface area contributed by atoms with Crippen LogP contribution in [0.15, 0.2) is 53.6 Å². The number of benzene rings is 1. The number of nitrogens with zero attached hydrogens (tertiary/aromatic N) is 3. The van der Waals surface area contributed by atoms with Crippen LogP contribution in [-0.4, -0.2) is 50.9 Å². The van der Waals surface area contributed by atoms with Crippen molar-refractivity contribution < 1.29 is 9.84 Å². The highest BCUT2D eigenvalue weighted by Crippen LogP contribution is 2.19. The molecule has 1 aliphatic heterocycles. The zero-order valence-corrected chi connectivity index (χ0v) is 19.7. The van der Waals surface area contributed by atoms with E-state index in [1.807, 2.05) is 37.3 Å². The van der Waals surface area contributed by atoms with Crippen molar-refractivity contribution in [3.8, 4) is 5.75 Å². The van der Waals surface area contributed by atoms with Crippen LogP contribution < -0.4 is 15.6 Å². The van der Waals surface area contributed by atoms with Crippen LogP contribution in [0.3, 0.4) is 0 Å². The Kier molecular flexibility index (Phi) is 8.27. The summed E-state index contributed by atoms with van der Waals surface area (Å²) in [7, 11) is 0. The van der Waals surface area contributed by atoms with Crippen LogP contribution in [0.2, 0.25) is 0 Å². The Morgan fingerprint density at radius 1 is 1.12 bits per heavy atom. The molecule has 34 heavy (non-hydrogen) atoms. The van der Waals surface area contributed by atoms with Crippen molar-refractivity contribution in [1.29, 1.82) is 0 Å². The smallest absolute Gasteiger partial charge is 0.255 e. The van der Waals surface area contributed by atoms with Gasteiger partial charge in [-0.2, -0.15) is 0 Å². The van der Waals surface area contributed by atoms with E-state index in [4.69, 9.17) is 4.74 Å². The predicted molar refractivity (Wildman–Crippen MR) is 132 cm³/mol. The number of hydrogen-bond acceptors (Lipinski definition) is 7. The van der Waals surface area contributed by atoms with Crippen LogP contribution in [0, 0.1) is 6.92 Å². The van der Waals surface area contributed by atoms with Crippen LogP contribution in [-0.2, 0) is 13.0 Å². The number of nitrogens with one attached hydrogen (secondary N) is 2. The number of anilines is 1. The molecule has 1 atom stereocenters. The maximum absolute atomic E-state index is 12.4. The third kappa shape index (κ3) is 7.13. The number of H-pyrrole nitrogens is 1. The van der Waals surface area contributed by atoms with Crippen molar-refractivity contribution in [2.45, 2.75) is 51.9 Å². The minimum Gasteiger partial charge on any atom is -0.465 e. The van der Waals surface area contributed by atoms with E-state index in [0.29, 0.717) is 36.6 Å². The number of aryl methyl sites for hydroxylation is 1. The summed E-state index contributed by atoms with van der Waals surface area (Å²) < 4.78 is 5.70. The number of ether oxygens (including phenoxy) is 1. The number of aromatic nitrogens is 3. The van der Waals surface area contributed by atoms with Crippen LogP contribution in [0.1, 0.15) is 48.1 Å². The van der Waals surface area contributed by atoms with E-state index < -0.39 is 6.29 Å². The standard InChI is InChI=1S/C26H33N5O3/c1-19-8-9-20(16-28-19)14-22-17-29-26(30-25(22)33)27-11-10-24(32)34-23-7-5-6-21(15-23)18-31-12-3-2-4-13-31/h5-9,15-17,24,32H,2-4,10-14,18H2,1H3,(H2,27,29,30,33). The van der Waals surface area contributed by atoms with E-state index in [-0.39, 0.29) is 5.56 Å². The van der Waals surface area contributed by atoms with Gasteiger partial charge in [0.15, 0.2) is 6.29 Å². The Morgan fingerprint density at radius 2 is 1.97 bits per heavy atom. The molecule has 2 aromatic heterocycles. The van der Waals surface area contributed by atoms with Gasteiger partial charge < -0.3 is 15.2 Å². The van der Waals surface area contributed by atoms with Gasteiger partial charge in [0.25, 0.3) is 5.56 Å². The van der Waals surface area contributed by atoms with Crippen LogP contribution in [0.4, 0.5) is 5.95 Å². The highest BCUT2D eigenvalue weighted by molar-refractivity contribution is 5.29. The quantitative estimate of drug-likeness (QED) is 0.397. The molecule has 1 saturated heterocycles. The third-order valence-corrected chi connectivity index (χ3v) is 5.95. The minimum absolute atomic E-state index is 0.194. The molecule has 0 amide bonds. The normalized spacial score (nSPS) is 15.1. The molecule has 180 valence electrons. The average Bonchev–Trinajstić information content (AvgIpc) is 2.83. The van der Waals surface area contributed by atoms with E-state index in [1.165, 1.54) is 24.8 Å². The van der Waals surface area contributed by atoms with Crippen LogP contribution >= 0.6 is 0 Å². The largest absolute Gasteiger partial charge is 0.465 e. The molecule has 1 unspecified atom stereocenters. The van der Waals surface area contributed by atoms with E-state index >= 15 is 0 Å². The lowest BCUT2D eigenvalue weighted by Crippen LogP contribution is -2.29. The van der Waals surface area contributed by atoms with E-state index in [0.717, 1.165) is 30.9 Å². The monoisotopic (exact) mass is 463 g/mol. The molecule has 0 saturated carbocycles. The van der Waals surface area contributed by atoms with Gasteiger partial charge in [-0.3, -0.25) is 19.7 Å². The van der Waals surface area contributed by atoms with Crippen molar-refractivity contribution in [1.82, 2.24) is 19.9 Å². The Labute approximate surface area is 200 Å². The summed E-state index contributed by atoms with van der Waals surface area (Å²) in [6.45, 7) is 5.51. The first kappa shape index (κ1) is 23.9. The second-order valence-corrected chi connectivity index (χ2v) is 8.84. The zero-order valence-electron chi connectivity index (χ0n) is 19.7. The molecule has 8 heteroatoms. The Hall–Kier alpha value is -3.23. The van der Waals surface area contributed by atoms with Gasteiger partial charge in [0.2, 0.25) is 5.95 Å². The molecule has 1 aliphatic rings. The van der Waals surface area contributed by atoms with Gasteiger partial charge in [-0.15, -0.1) is 0 Å². The fourth-order valence-electron chi connectivity index (χ4n) is 4.08. The third-order valence-electron chi connectivity index (χ3n) is 5.95. The molecular formula is C26H33N5O3. The van der Waals surface area contributed by atoms with Gasteiger partial charge in [-0.05, 0) is 62.2 Å². The first-order valence-corrected chi connectivity index (χ1v) is 11.9. The molecule has 0 spiro atoms. The summed E-state index contributed by atoms with van der Waals surface area (Å²) in [5, 5.41) is 13.3. The molecule has 3 N–H and O–H groups in total. The number of aliphatic hydroxyl groups excluding tert-OH is 1. The second-order valence-electron chi connectivity index (χ2n) is 8.84. The number of piperidine rings is 1. The summed E-state index contributed by atoms with van der Waals surface area (Å²) in [5.74, 6) is 1.02. The number of hydrogen-bond donors (Lipinski definition) is 3. The van der Waals surface area contributed by atoms with Gasteiger partial charge in [-0.25, -0.2) is 4.98 Å². The number of aliphatic hydroxyl groups is 1. The minimum atomic E-state index is -0.960. The van der Waals surface area contributed by atoms with Crippen LogP contribution in [0.25, 0.3) is 0 Å². The van der Waals surface area contributed by atoms with Gasteiger partial charge >= 0.3 is 0 Å². The molecular weight excluding hydrogens is 430 g/mol. The summed E-state index contributed by atoms with van der Waals surface area (Å²) >= 11 is 0. The SMILES string of the molecule is Cc1ccc(Cc2cnc(NCCC(O)Oc3cccc(CN4CCCCC4)c3)[nH]c2=O)cn1. The average molecular weight is 464 g/mol. The number of aromatic amines is 1. The lowest BCUT2D eigenvalue weighted by Gasteiger charge is -2.26. The van der Waals surface area contributed by atoms with Gasteiger partial charge in [0, 0.05) is 49.6 Å². The van der Waals surface area contributed by atoms with Crippen molar-refractivity contribution in [2.75, 3.05) is 25.0 Å². The highest BCUT2D eigenvalue weighted by atomic mass is 16.6. The molecule has 4 rings (SSSR count). The van der Waals surface area contributed by atoms with Crippen molar-refractivity contribution in [3.05, 3.63) is 81.5 Å². The first-order chi connectivity index (χ1) is 16.5. The molecule has 0 radical (unpaired) electrons. The van der Waals surface area contributed by atoms with Gasteiger partial charge in [-0.1, -0.05) is 24.6 Å². The molecule has 8 nitrogen and oxygen atoms in total. The molecule has 0 bridgehead atoms. The highest BCUT2D eigenvalue weighted by Gasteiger charge is 2.12. The maximum Gasteiger partial charge on any atom is 0.255 e. The Bertz CT molecular complexity index is 1110. The van der Waals surface area contributed by atoms with Crippen molar-refractivity contribution in [2.24, 2.45) is 0 Å². The molecule has 1 fully saturated rings. The summed E-state index contributed by atoms with van der Waals surface area (Å²) in [6.07, 6.45) is 7.03. The lowest BCUT2D eigenvalue weighted by atomic mass is 10.1. The zero-order chi connectivity index (χ0) is 23.8. The fraction of sp³-hybridized carbons (Fsp3) is 0.423. The van der Waals surface area contributed by atoms with E-state index in [9.17, 15) is 9.90 Å². The predicted octanol–water partition coefficient (Wildman–Crippen LogP) is 3.25. The maximum atomic E-state index is 12.4. The Balaban J connectivity index is 1.23. The van der Waals surface area contributed by atoms with Crippen molar-refractivity contribution in [3.63, 3.8) is 0 Å². The van der Waals surface area contributed by atoms with Crippen LogP contribution in [0.5, 0.6) is 5.75 Å². The fourth-order valence-corrected chi connectivity index (χ4v) is 4.08. The first-order valence-electron chi connectivity index (χ1n) is 11.9. The number of pyridine rings is 1. The molecule has 3 heterocycles. The topological polar surface area (TPSA) is 103 Å². The van der Waals surface area contributed by atoms with E-state index in [1.54, 1.807) is 12.4 Å². The number of rotatable bonds is 10.